The first-order valence-corrected chi connectivity index (χ1v) is 20.4. The predicted octanol–water partition coefficient (Wildman–Crippen LogP) is 4.42. The molecule has 3 aliphatic rings. The molecule has 15 heteroatoms. The minimum atomic E-state index is -1.33. The van der Waals surface area contributed by atoms with Crippen molar-refractivity contribution < 1.29 is 56.7 Å². The Labute approximate surface area is 354 Å². The summed E-state index contributed by atoms with van der Waals surface area (Å²) in [5.74, 6) is -1.81. The number of ether oxygens (including phenoxy) is 8. The minimum absolute atomic E-state index is 0.0551. The van der Waals surface area contributed by atoms with Crippen molar-refractivity contribution >= 4 is 17.7 Å². The van der Waals surface area contributed by atoms with Crippen molar-refractivity contribution in [2.24, 2.45) is 0 Å². The summed E-state index contributed by atoms with van der Waals surface area (Å²) >= 11 is 0. The summed E-state index contributed by atoms with van der Waals surface area (Å²) in [5, 5.41) is 8.43. The molecule has 3 saturated heterocycles. The lowest BCUT2D eigenvalue weighted by molar-refractivity contribution is -0.366. The molecule has 4 aromatic rings. The lowest BCUT2D eigenvalue weighted by Gasteiger charge is -2.52. The van der Waals surface area contributed by atoms with E-state index in [0.29, 0.717) is 0 Å². The van der Waals surface area contributed by atoms with Crippen molar-refractivity contribution in [3.63, 3.8) is 0 Å². The van der Waals surface area contributed by atoms with Crippen LogP contribution in [0, 0.1) is 0 Å². The molecule has 3 amide bonds. The van der Waals surface area contributed by atoms with Gasteiger partial charge < -0.3 is 53.8 Å². The van der Waals surface area contributed by atoms with Crippen LogP contribution < -0.4 is 16.0 Å². The Morgan fingerprint density at radius 1 is 0.639 bits per heavy atom. The molecule has 0 aliphatic carbocycles. The number of halogens is 1. The largest absolute Gasteiger partial charge is 0.374 e. The smallest absolute Gasteiger partial charge is 0.253 e. The van der Waals surface area contributed by atoms with Gasteiger partial charge >= 0.3 is 0 Å². The van der Waals surface area contributed by atoms with Gasteiger partial charge in [0, 0.05) is 19.4 Å². The average molecular weight is 842 g/mol. The van der Waals surface area contributed by atoms with Crippen molar-refractivity contribution in [1.29, 1.82) is 0 Å². The molecular weight excluding hydrogens is 790 g/mol. The number of rotatable bonds is 17. The molecule has 0 bridgehead atoms. The maximum absolute atomic E-state index is 13.8. The van der Waals surface area contributed by atoms with E-state index in [1.54, 1.807) is 0 Å². The predicted molar refractivity (Wildman–Crippen MR) is 218 cm³/mol. The van der Waals surface area contributed by atoms with E-state index in [1.165, 1.54) is 13.8 Å². The molecule has 4 aromatic carbocycles. The van der Waals surface area contributed by atoms with Crippen LogP contribution >= 0.6 is 0 Å². The topological polar surface area (TPSA) is 161 Å². The first-order valence-electron chi connectivity index (χ1n) is 20.4. The second-order valence-corrected chi connectivity index (χ2v) is 15.1. The summed E-state index contributed by atoms with van der Waals surface area (Å²) in [6.45, 7) is 1.79. The average Bonchev–Trinajstić information content (AvgIpc) is 3.28. The quantitative estimate of drug-likeness (QED) is 0.138. The molecule has 0 unspecified atom stereocenters. The molecule has 14 nitrogen and oxygen atoms in total. The van der Waals surface area contributed by atoms with Gasteiger partial charge in [-0.1, -0.05) is 121 Å². The van der Waals surface area contributed by atoms with Crippen LogP contribution in [0.3, 0.4) is 0 Å². The lowest BCUT2D eigenvalue weighted by atomic mass is 9.93. The fourth-order valence-electron chi connectivity index (χ4n) is 7.76. The van der Waals surface area contributed by atoms with Gasteiger partial charge in [-0.2, -0.15) is 0 Å². The number of benzene rings is 4. The van der Waals surface area contributed by atoms with Gasteiger partial charge in [-0.25, -0.2) is 4.39 Å². The molecule has 7 rings (SSSR count). The third-order valence-electron chi connectivity index (χ3n) is 10.5. The minimum Gasteiger partial charge on any atom is -0.374 e. The number of carbonyl (C=O) groups is 3. The Kier molecular flexibility index (Phi) is 15.6. The molecule has 61 heavy (non-hydrogen) atoms. The van der Waals surface area contributed by atoms with Crippen molar-refractivity contribution in [3.05, 3.63) is 144 Å². The van der Waals surface area contributed by atoms with Gasteiger partial charge in [0.25, 0.3) is 5.91 Å². The maximum atomic E-state index is 13.8. The highest BCUT2D eigenvalue weighted by molar-refractivity contribution is 5.77. The standard InChI is InChI=1S/C46H52FN3O11/c1-29(51)48-38-42(55-25-32-17-9-4-10-18-32)40(35(58-44(38)50-37(53)23-47)27-54-24-31-15-7-3-8-16-31)61-46-39(49-30(2)52)43(56-26-33-19-11-5-12-20-33)41-36(59-46)28-57-45(60-41)34-21-13-6-14-22-34/h3-22,35-36,38-46H,23-28H2,1-2H3,(H,48,51)(H,49,52)(H,50,53)/t35-,36-,38-,39-,40-,41-,42-,43-,44-,45-,46+/m1/s1. The molecular formula is C46H52FN3O11. The van der Waals surface area contributed by atoms with Crippen molar-refractivity contribution in [2.75, 3.05) is 19.9 Å². The highest BCUT2D eigenvalue weighted by Gasteiger charge is 2.55. The fraction of sp³-hybridized carbons (Fsp3) is 0.413. The van der Waals surface area contributed by atoms with Crippen LogP contribution in [-0.2, 0) is 72.1 Å². The van der Waals surface area contributed by atoms with Gasteiger partial charge in [0.15, 0.2) is 25.5 Å². The summed E-state index contributed by atoms with van der Waals surface area (Å²) in [5.41, 5.74) is 3.39. The van der Waals surface area contributed by atoms with Crippen molar-refractivity contribution in [1.82, 2.24) is 16.0 Å². The SMILES string of the molecule is CC(=O)N[C@@H]1[C@@H](OCc2ccccc2)[C@H](O[C@@H]2O[C@@H]3CO[C@@H](c4ccccc4)O[C@H]3[C@H](OCc3ccccc3)[C@H]2NC(C)=O)[C@@H](COCc2ccccc2)O[C@H]1NC(=O)CF. The fourth-order valence-corrected chi connectivity index (χ4v) is 7.76. The highest BCUT2D eigenvalue weighted by Crippen LogP contribution is 2.38. The van der Waals surface area contributed by atoms with E-state index in [1.807, 2.05) is 121 Å². The summed E-state index contributed by atoms with van der Waals surface area (Å²) < 4.78 is 66.3. The van der Waals surface area contributed by atoms with Crippen LogP contribution in [0.1, 0.15) is 42.4 Å². The van der Waals surface area contributed by atoms with E-state index in [9.17, 15) is 18.8 Å². The van der Waals surface area contributed by atoms with Crippen molar-refractivity contribution in [3.8, 4) is 0 Å². The summed E-state index contributed by atoms with van der Waals surface area (Å²) in [6.07, 6.45) is -8.75. The number of nitrogens with one attached hydrogen (secondary N) is 3. The maximum Gasteiger partial charge on any atom is 0.253 e. The summed E-state index contributed by atoms with van der Waals surface area (Å²) in [6, 6.07) is 35.9. The Hall–Kier alpha value is -5.10. The third kappa shape index (κ3) is 11.8. The molecule has 0 saturated carbocycles. The molecule has 3 heterocycles. The molecule has 3 aliphatic heterocycles. The van der Waals surface area contributed by atoms with Crippen molar-refractivity contribution in [2.45, 2.75) is 101 Å². The number of hydrogen-bond acceptors (Lipinski definition) is 11. The number of amides is 3. The first-order chi connectivity index (χ1) is 29.7. The van der Waals surface area contributed by atoms with Gasteiger partial charge in [0.05, 0.1) is 33.0 Å². The Balaban J connectivity index is 1.25. The van der Waals surface area contributed by atoms with E-state index < -0.39 is 86.0 Å². The highest BCUT2D eigenvalue weighted by atomic mass is 19.1. The first kappa shape index (κ1) is 44.0. The van der Waals surface area contributed by atoms with Gasteiger partial charge in [0.1, 0.15) is 48.7 Å². The van der Waals surface area contributed by atoms with Crippen LogP contribution in [0.15, 0.2) is 121 Å². The zero-order valence-corrected chi connectivity index (χ0v) is 34.0. The second kappa shape index (κ2) is 21.6. The van der Waals surface area contributed by atoms with Crippen LogP contribution in [0.4, 0.5) is 4.39 Å². The van der Waals surface area contributed by atoms with Crippen LogP contribution in [0.2, 0.25) is 0 Å². The van der Waals surface area contributed by atoms with E-state index >= 15 is 0 Å². The number of hydrogen-bond donors (Lipinski definition) is 3. The molecule has 0 radical (unpaired) electrons. The second-order valence-electron chi connectivity index (χ2n) is 15.1. The van der Waals surface area contributed by atoms with Gasteiger partial charge in [0.2, 0.25) is 11.8 Å². The van der Waals surface area contributed by atoms with Gasteiger partial charge in [-0.3, -0.25) is 14.4 Å². The molecule has 0 spiro atoms. The zero-order chi connectivity index (χ0) is 42.6. The van der Waals surface area contributed by atoms with Crippen LogP contribution in [-0.4, -0.2) is 98.8 Å². The van der Waals surface area contributed by atoms with E-state index in [4.69, 9.17) is 37.9 Å². The summed E-state index contributed by atoms with van der Waals surface area (Å²) in [4.78, 5) is 38.6. The molecule has 11 atom stereocenters. The number of alkyl halides is 1. The Morgan fingerprint density at radius 3 is 1.75 bits per heavy atom. The summed E-state index contributed by atoms with van der Waals surface area (Å²) in [7, 11) is 0. The molecule has 0 aromatic heterocycles. The number of carbonyl (C=O) groups excluding carboxylic acids is 3. The Morgan fingerprint density at radius 2 is 1.18 bits per heavy atom. The lowest BCUT2D eigenvalue weighted by Crippen LogP contribution is -2.72. The van der Waals surface area contributed by atoms with Crippen LogP contribution in [0.25, 0.3) is 0 Å². The van der Waals surface area contributed by atoms with Gasteiger partial charge in [-0.05, 0) is 16.7 Å². The molecule has 3 N–H and O–H groups in total. The van der Waals surface area contributed by atoms with E-state index in [2.05, 4.69) is 16.0 Å². The molecule has 3 fully saturated rings. The third-order valence-corrected chi connectivity index (χ3v) is 10.5. The normalized spacial score (nSPS) is 28.5. The molecule has 324 valence electrons. The van der Waals surface area contributed by atoms with Crippen LogP contribution in [0.5, 0.6) is 0 Å². The number of fused-ring (bicyclic) bond motifs is 1. The van der Waals surface area contributed by atoms with Gasteiger partial charge in [-0.15, -0.1) is 0 Å². The van der Waals surface area contributed by atoms with E-state index in [0.717, 1.165) is 22.3 Å². The Bertz CT molecular complexity index is 1990. The zero-order valence-electron chi connectivity index (χ0n) is 34.0. The monoisotopic (exact) mass is 841 g/mol. The van der Waals surface area contributed by atoms with E-state index in [-0.39, 0.29) is 38.9 Å².